The summed E-state index contributed by atoms with van der Waals surface area (Å²) in [5.41, 5.74) is 5.35. The van der Waals surface area contributed by atoms with Crippen molar-refractivity contribution in [2.24, 2.45) is 5.10 Å². The van der Waals surface area contributed by atoms with Crippen LogP contribution in [-0.4, -0.2) is 10.7 Å². The molecule has 29 heavy (non-hydrogen) atoms. The maximum absolute atomic E-state index is 13.5. The average Bonchev–Trinajstić information content (AvgIpc) is 3.48. The van der Waals surface area contributed by atoms with E-state index in [-0.39, 0.29) is 11.9 Å². The van der Waals surface area contributed by atoms with Crippen molar-refractivity contribution in [1.29, 1.82) is 0 Å². The van der Waals surface area contributed by atoms with Gasteiger partial charge in [-0.15, -0.1) is 22.7 Å². The molecule has 3 nitrogen and oxygen atoms in total. The van der Waals surface area contributed by atoms with E-state index in [1.54, 1.807) is 22.7 Å². The van der Waals surface area contributed by atoms with Crippen LogP contribution in [0.5, 0.6) is 0 Å². The van der Waals surface area contributed by atoms with E-state index in [9.17, 15) is 4.39 Å². The Labute approximate surface area is 176 Å². The molecule has 0 fully saturated rings. The van der Waals surface area contributed by atoms with Gasteiger partial charge in [0.25, 0.3) is 0 Å². The molecule has 0 saturated carbocycles. The van der Waals surface area contributed by atoms with Crippen LogP contribution in [0, 0.1) is 12.7 Å². The maximum Gasteiger partial charge on any atom is 0.207 e. The van der Waals surface area contributed by atoms with Gasteiger partial charge in [0.05, 0.1) is 22.3 Å². The summed E-state index contributed by atoms with van der Waals surface area (Å²) in [6.45, 7) is 2.08. The first kappa shape index (κ1) is 18.2. The third kappa shape index (κ3) is 3.61. The highest BCUT2D eigenvalue weighted by Crippen LogP contribution is 2.39. The van der Waals surface area contributed by atoms with Gasteiger partial charge in [0.2, 0.25) is 5.13 Å². The molecule has 144 valence electrons. The highest BCUT2D eigenvalue weighted by atomic mass is 32.1. The normalized spacial score (nSPS) is 16.3. The minimum atomic E-state index is -0.228. The minimum absolute atomic E-state index is 0.00437. The summed E-state index contributed by atoms with van der Waals surface area (Å²) >= 11 is 3.27. The number of hydrogen-bond donors (Lipinski definition) is 0. The van der Waals surface area contributed by atoms with Gasteiger partial charge in [0, 0.05) is 17.4 Å². The quantitative estimate of drug-likeness (QED) is 0.369. The van der Waals surface area contributed by atoms with Crippen LogP contribution in [0.4, 0.5) is 9.52 Å². The summed E-state index contributed by atoms with van der Waals surface area (Å²) < 4.78 is 13.5. The average molecular weight is 420 g/mol. The number of aryl methyl sites for hydroxylation is 1. The van der Waals surface area contributed by atoms with Crippen molar-refractivity contribution in [1.82, 2.24) is 4.98 Å². The van der Waals surface area contributed by atoms with Crippen molar-refractivity contribution < 1.29 is 4.39 Å². The summed E-state index contributed by atoms with van der Waals surface area (Å²) in [4.78, 5) is 6.03. The molecule has 0 saturated heterocycles. The number of thiophene rings is 1. The van der Waals surface area contributed by atoms with E-state index in [4.69, 9.17) is 10.1 Å². The number of hydrogen-bond acceptors (Lipinski definition) is 5. The van der Waals surface area contributed by atoms with Gasteiger partial charge in [-0.05, 0) is 36.1 Å². The van der Waals surface area contributed by atoms with Gasteiger partial charge >= 0.3 is 0 Å². The summed E-state index contributed by atoms with van der Waals surface area (Å²) in [6, 6.07) is 19.2. The Morgan fingerprint density at radius 1 is 1.00 bits per heavy atom. The molecule has 1 unspecified atom stereocenters. The Balaban J connectivity index is 1.52. The number of aromatic nitrogens is 1. The maximum atomic E-state index is 13.5. The van der Waals surface area contributed by atoms with E-state index in [1.807, 2.05) is 23.2 Å². The monoisotopic (exact) mass is 419 g/mol. The lowest BCUT2D eigenvalue weighted by Crippen LogP contribution is -2.18. The molecule has 1 aliphatic heterocycles. The first-order valence-corrected chi connectivity index (χ1v) is 11.1. The van der Waals surface area contributed by atoms with Crippen LogP contribution in [-0.2, 0) is 0 Å². The second kappa shape index (κ2) is 7.54. The molecule has 0 radical (unpaired) electrons. The number of halogens is 1. The van der Waals surface area contributed by atoms with Crippen LogP contribution in [0.25, 0.3) is 11.3 Å². The van der Waals surface area contributed by atoms with Crippen molar-refractivity contribution in [3.8, 4) is 11.3 Å². The standard InChI is InChI=1S/C23H18FN3S2/c1-15-4-6-16(7-5-15)20-14-29-23(25-20)27-21(17-8-10-18(24)11-9-17)13-19(26-27)22-3-2-12-28-22/h2-12,14,21H,13H2,1H3. The molecule has 3 heterocycles. The van der Waals surface area contributed by atoms with Crippen LogP contribution in [0.1, 0.15) is 28.5 Å². The van der Waals surface area contributed by atoms with Crippen molar-refractivity contribution in [3.05, 3.63) is 93.2 Å². The predicted octanol–water partition coefficient (Wildman–Crippen LogP) is 6.67. The molecule has 0 spiro atoms. The predicted molar refractivity (Wildman–Crippen MR) is 119 cm³/mol. The summed E-state index contributed by atoms with van der Waals surface area (Å²) in [7, 11) is 0. The van der Waals surface area contributed by atoms with Gasteiger partial charge in [0.15, 0.2) is 0 Å². The summed E-state index contributed by atoms with van der Waals surface area (Å²) in [5, 5.41) is 11.9. The fraction of sp³-hybridized carbons (Fsp3) is 0.130. The molecule has 4 aromatic rings. The Bertz CT molecular complexity index is 1150. The molecule has 0 N–H and O–H groups in total. The van der Waals surface area contributed by atoms with E-state index in [0.717, 1.165) is 39.0 Å². The number of benzene rings is 2. The minimum Gasteiger partial charge on any atom is -0.231 e. The second-order valence-corrected chi connectivity index (χ2v) is 8.81. The molecular weight excluding hydrogens is 401 g/mol. The summed E-state index contributed by atoms with van der Waals surface area (Å²) in [5.74, 6) is -0.228. The van der Waals surface area contributed by atoms with Crippen LogP contribution < -0.4 is 5.01 Å². The fourth-order valence-corrected chi connectivity index (χ4v) is 5.00. The molecular formula is C23H18FN3S2. The van der Waals surface area contributed by atoms with E-state index >= 15 is 0 Å². The van der Waals surface area contributed by atoms with Crippen LogP contribution in [0.15, 0.2) is 76.5 Å². The van der Waals surface area contributed by atoms with Crippen molar-refractivity contribution in [3.63, 3.8) is 0 Å². The van der Waals surface area contributed by atoms with E-state index in [1.165, 1.54) is 17.7 Å². The smallest absolute Gasteiger partial charge is 0.207 e. The lowest BCUT2D eigenvalue weighted by Gasteiger charge is -2.21. The Kier molecular flexibility index (Phi) is 4.73. The Hall–Kier alpha value is -2.83. The van der Waals surface area contributed by atoms with Crippen molar-refractivity contribution in [2.75, 3.05) is 5.01 Å². The third-order valence-electron chi connectivity index (χ3n) is 5.01. The van der Waals surface area contributed by atoms with Gasteiger partial charge in [-0.1, -0.05) is 48.0 Å². The molecule has 0 aliphatic carbocycles. The topological polar surface area (TPSA) is 28.5 Å². The number of thiazole rings is 1. The van der Waals surface area contributed by atoms with E-state index in [2.05, 4.69) is 48.0 Å². The van der Waals surface area contributed by atoms with Crippen LogP contribution in [0.3, 0.4) is 0 Å². The molecule has 6 heteroatoms. The SMILES string of the molecule is Cc1ccc(-c2csc(N3N=C(c4cccs4)CC3c3ccc(F)cc3)n2)cc1. The zero-order valence-electron chi connectivity index (χ0n) is 15.7. The van der Waals surface area contributed by atoms with E-state index < -0.39 is 0 Å². The van der Waals surface area contributed by atoms with Gasteiger partial charge < -0.3 is 0 Å². The lowest BCUT2D eigenvalue weighted by molar-refractivity contribution is 0.624. The molecule has 2 aromatic carbocycles. The van der Waals surface area contributed by atoms with Crippen LogP contribution in [0.2, 0.25) is 0 Å². The molecule has 0 bridgehead atoms. The highest BCUT2D eigenvalue weighted by molar-refractivity contribution is 7.14. The third-order valence-corrected chi connectivity index (χ3v) is 6.76. The zero-order chi connectivity index (χ0) is 19.8. The van der Waals surface area contributed by atoms with Gasteiger partial charge in [-0.3, -0.25) is 0 Å². The van der Waals surface area contributed by atoms with Crippen molar-refractivity contribution >= 4 is 33.5 Å². The first-order valence-electron chi connectivity index (χ1n) is 9.36. The number of nitrogens with zero attached hydrogens (tertiary/aromatic N) is 3. The largest absolute Gasteiger partial charge is 0.231 e. The van der Waals surface area contributed by atoms with Gasteiger partial charge in [0.1, 0.15) is 5.82 Å². The number of rotatable bonds is 4. The molecule has 2 aromatic heterocycles. The lowest BCUT2D eigenvalue weighted by atomic mass is 10.0. The zero-order valence-corrected chi connectivity index (χ0v) is 17.4. The number of hydrazone groups is 1. The highest BCUT2D eigenvalue weighted by Gasteiger charge is 2.32. The van der Waals surface area contributed by atoms with Gasteiger partial charge in [-0.25, -0.2) is 14.4 Å². The Morgan fingerprint density at radius 3 is 2.52 bits per heavy atom. The first-order chi connectivity index (χ1) is 14.2. The number of anilines is 1. The van der Waals surface area contributed by atoms with Crippen LogP contribution >= 0.6 is 22.7 Å². The van der Waals surface area contributed by atoms with E-state index in [0.29, 0.717) is 0 Å². The molecule has 1 aliphatic rings. The molecule has 5 rings (SSSR count). The fourth-order valence-electron chi connectivity index (χ4n) is 3.45. The second-order valence-electron chi connectivity index (χ2n) is 7.02. The van der Waals surface area contributed by atoms with Crippen molar-refractivity contribution in [2.45, 2.75) is 19.4 Å². The molecule has 0 amide bonds. The summed E-state index contributed by atoms with van der Waals surface area (Å²) in [6.07, 6.45) is 0.769. The molecule has 1 atom stereocenters. The van der Waals surface area contributed by atoms with Gasteiger partial charge in [-0.2, -0.15) is 5.10 Å². The Morgan fingerprint density at radius 2 is 1.79 bits per heavy atom.